The molecule has 1 saturated heterocycles. The predicted molar refractivity (Wildman–Crippen MR) is 87.5 cm³/mol. The van der Waals surface area contributed by atoms with Gasteiger partial charge in [0.25, 0.3) is 0 Å². The molecule has 2 unspecified atom stereocenters. The lowest BCUT2D eigenvalue weighted by Gasteiger charge is -2.38. The van der Waals surface area contributed by atoms with Crippen LogP contribution in [0.4, 0.5) is 5.69 Å². The maximum Gasteiger partial charge on any atom is 0.250 e. The summed E-state index contributed by atoms with van der Waals surface area (Å²) in [5, 5.41) is 3.32. The van der Waals surface area contributed by atoms with Crippen molar-refractivity contribution >= 4 is 45.0 Å². The summed E-state index contributed by atoms with van der Waals surface area (Å²) in [5.74, 6) is 0.0724. The topological polar surface area (TPSA) is 49.4 Å². The van der Waals surface area contributed by atoms with E-state index >= 15 is 0 Å². The molecule has 114 valence electrons. The zero-order valence-corrected chi connectivity index (χ0v) is 14.5. The molecule has 0 aliphatic carbocycles. The highest BCUT2D eigenvalue weighted by Crippen LogP contribution is 2.35. The van der Waals surface area contributed by atoms with Gasteiger partial charge in [0, 0.05) is 0 Å². The minimum Gasteiger partial charge on any atom is -0.342 e. The van der Waals surface area contributed by atoms with Crippen LogP contribution in [-0.4, -0.2) is 23.9 Å². The standard InChI is InChI=1S/C15H18BrClN2O2/c1-8(2)7-11-15(21)19(9(3)14(20)18-11)12-6-4-5-10(17)13(12)16/h4-6,8-9,11H,7H2,1-3H3,(H,18,20). The molecule has 0 bridgehead atoms. The number of hydrogen-bond donors (Lipinski definition) is 1. The highest BCUT2D eigenvalue weighted by atomic mass is 79.9. The van der Waals surface area contributed by atoms with Crippen molar-refractivity contribution in [1.82, 2.24) is 5.32 Å². The van der Waals surface area contributed by atoms with E-state index in [9.17, 15) is 9.59 Å². The smallest absolute Gasteiger partial charge is 0.250 e. The average Bonchev–Trinajstić information content (AvgIpc) is 2.40. The minimum atomic E-state index is -0.560. The van der Waals surface area contributed by atoms with Gasteiger partial charge in [-0.15, -0.1) is 0 Å². The molecule has 21 heavy (non-hydrogen) atoms. The first-order valence-electron chi connectivity index (χ1n) is 6.90. The number of halogens is 2. The number of nitrogens with zero attached hydrogens (tertiary/aromatic N) is 1. The first-order valence-corrected chi connectivity index (χ1v) is 8.07. The van der Waals surface area contributed by atoms with Crippen LogP contribution in [0.1, 0.15) is 27.2 Å². The van der Waals surface area contributed by atoms with Crippen LogP contribution < -0.4 is 10.2 Å². The lowest BCUT2D eigenvalue weighted by molar-refractivity contribution is -0.133. The van der Waals surface area contributed by atoms with Crippen LogP contribution in [0.25, 0.3) is 0 Å². The highest BCUT2D eigenvalue weighted by Gasteiger charge is 2.39. The summed E-state index contributed by atoms with van der Waals surface area (Å²) in [6, 6.07) is 4.25. The monoisotopic (exact) mass is 372 g/mol. The van der Waals surface area contributed by atoms with E-state index in [-0.39, 0.29) is 11.8 Å². The molecule has 0 spiro atoms. The van der Waals surface area contributed by atoms with E-state index in [4.69, 9.17) is 11.6 Å². The Labute approximate surface area is 138 Å². The van der Waals surface area contributed by atoms with E-state index in [1.807, 2.05) is 13.8 Å². The SMILES string of the molecule is CC(C)CC1NC(=O)C(C)N(c2cccc(Cl)c2Br)C1=O. The largest absolute Gasteiger partial charge is 0.342 e. The van der Waals surface area contributed by atoms with Crippen molar-refractivity contribution in [1.29, 1.82) is 0 Å². The molecule has 4 nitrogen and oxygen atoms in total. The Morgan fingerprint density at radius 3 is 2.67 bits per heavy atom. The molecule has 2 amide bonds. The third-order valence-corrected chi connectivity index (χ3v) is 4.89. The van der Waals surface area contributed by atoms with E-state index in [0.717, 1.165) is 0 Å². The zero-order valence-electron chi connectivity index (χ0n) is 12.2. The molecule has 1 aromatic rings. The van der Waals surface area contributed by atoms with Crippen LogP contribution in [0, 0.1) is 5.92 Å². The first kappa shape index (κ1) is 16.3. The van der Waals surface area contributed by atoms with Gasteiger partial charge in [-0.2, -0.15) is 0 Å². The lowest BCUT2D eigenvalue weighted by Crippen LogP contribution is -2.63. The van der Waals surface area contributed by atoms with Crippen molar-refractivity contribution in [2.24, 2.45) is 5.92 Å². The van der Waals surface area contributed by atoms with Gasteiger partial charge in [0.2, 0.25) is 11.8 Å². The summed E-state index contributed by atoms with van der Waals surface area (Å²) in [5.41, 5.74) is 0.628. The van der Waals surface area contributed by atoms with Gasteiger partial charge >= 0.3 is 0 Å². The van der Waals surface area contributed by atoms with Gasteiger partial charge in [0.05, 0.1) is 15.2 Å². The number of rotatable bonds is 3. The second-order valence-corrected chi connectivity index (χ2v) is 6.85. The fourth-order valence-corrected chi connectivity index (χ4v) is 3.09. The predicted octanol–water partition coefficient (Wildman–Crippen LogP) is 3.37. The molecule has 0 radical (unpaired) electrons. The normalized spacial score (nSPS) is 22.7. The van der Waals surface area contributed by atoms with Crippen molar-refractivity contribution in [3.8, 4) is 0 Å². The third-order valence-electron chi connectivity index (χ3n) is 3.52. The number of carbonyl (C=O) groups excluding carboxylic acids is 2. The maximum absolute atomic E-state index is 12.7. The van der Waals surface area contributed by atoms with Gasteiger partial charge in [0.15, 0.2) is 0 Å². The zero-order chi connectivity index (χ0) is 15.7. The number of benzene rings is 1. The minimum absolute atomic E-state index is 0.0984. The van der Waals surface area contributed by atoms with Crippen molar-refractivity contribution in [2.45, 2.75) is 39.3 Å². The number of nitrogens with one attached hydrogen (secondary N) is 1. The summed E-state index contributed by atoms with van der Waals surface area (Å²) in [4.78, 5) is 26.4. The van der Waals surface area contributed by atoms with E-state index in [0.29, 0.717) is 27.5 Å². The Balaban J connectivity index is 2.41. The number of amides is 2. The summed E-state index contributed by atoms with van der Waals surface area (Å²) >= 11 is 9.50. The van der Waals surface area contributed by atoms with Crippen LogP contribution in [0.2, 0.25) is 5.02 Å². The van der Waals surface area contributed by atoms with Crippen molar-refractivity contribution in [3.63, 3.8) is 0 Å². The highest BCUT2D eigenvalue weighted by molar-refractivity contribution is 9.10. The van der Waals surface area contributed by atoms with Gasteiger partial charge in [-0.05, 0) is 47.3 Å². The molecule has 1 aliphatic rings. The Kier molecular flexibility index (Phi) is 4.94. The summed E-state index contributed by atoms with van der Waals surface area (Å²) in [7, 11) is 0. The Bertz CT molecular complexity index is 577. The van der Waals surface area contributed by atoms with E-state index in [2.05, 4.69) is 21.2 Å². The molecule has 2 rings (SSSR count). The van der Waals surface area contributed by atoms with Crippen LogP contribution in [-0.2, 0) is 9.59 Å². The molecule has 1 heterocycles. The molecule has 1 aliphatic heterocycles. The van der Waals surface area contributed by atoms with Crippen LogP contribution in [0.15, 0.2) is 22.7 Å². The van der Waals surface area contributed by atoms with Crippen LogP contribution in [0.5, 0.6) is 0 Å². The van der Waals surface area contributed by atoms with Gasteiger partial charge in [0.1, 0.15) is 12.1 Å². The number of carbonyl (C=O) groups is 2. The summed E-state index contributed by atoms with van der Waals surface area (Å²) < 4.78 is 0.630. The molecular weight excluding hydrogens is 356 g/mol. The molecule has 0 aromatic heterocycles. The number of piperazine rings is 1. The van der Waals surface area contributed by atoms with Crippen LogP contribution in [0.3, 0.4) is 0 Å². The van der Waals surface area contributed by atoms with E-state index in [1.54, 1.807) is 25.1 Å². The van der Waals surface area contributed by atoms with Gasteiger partial charge in [-0.25, -0.2) is 0 Å². The van der Waals surface area contributed by atoms with Crippen LogP contribution >= 0.6 is 27.5 Å². The molecule has 1 aromatic carbocycles. The van der Waals surface area contributed by atoms with Crippen molar-refractivity contribution in [2.75, 3.05) is 4.90 Å². The van der Waals surface area contributed by atoms with E-state index in [1.165, 1.54) is 4.90 Å². The third kappa shape index (κ3) is 3.24. The van der Waals surface area contributed by atoms with Crippen molar-refractivity contribution in [3.05, 3.63) is 27.7 Å². The fourth-order valence-electron chi connectivity index (χ4n) is 2.47. The Morgan fingerprint density at radius 2 is 2.05 bits per heavy atom. The molecule has 0 saturated carbocycles. The molecule has 2 atom stereocenters. The summed E-state index contributed by atoms with van der Waals surface area (Å²) in [6.07, 6.45) is 0.617. The Morgan fingerprint density at radius 1 is 1.38 bits per heavy atom. The fraction of sp³-hybridized carbons (Fsp3) is 0.467. The number of hydrogen-bond acceptors (Lipinski definition) is 2. The second-order valence-electron chi connectivity index (χ2n) is 5.65. The lowest BCUT2D eigenvalue weighted by atomic mass is 9.98. The average molecular weight is 374 g/mol. The first-order chi connectivity index (χ1) is 9.82. The van der Waals surface area contributed by atoms with Crippen molar-refractivity contribution < 1.29 is 9.59 Å². The quantitative estimate of drug-likeness (QED) is 0.883. The molecule has 1 fully saturated rings. The maximum atomic E-state index is 12.7. The Hall–Kier alpha value is -1.07. The molecule has 6 heteroatoms. The van der Waals surface area contributed by atoms with Gasteiger partial charge in [-0.1, -0.05) is 31.5 Å². The van der Waals surface area contributed by atoms with Gasteiger partial charge < -0.3 is 5.32 Å². The second kappa shape index (κ2) is 6.36. The molecule has 1 N–H and O–H groups in total. The number of anilines is 1. The summed E-state index contributed by atoms with van der Waals surface area (Å²) in [6.45, 7) is 5.76. The molecular formula is C15H18BrClN2O2. The van der Waals surface area contributed by atoms with Gasteiger partial charge in [-0.3, -0.25) is 14.5 Å². The van der Waals surface area contributed by atoms with E-state index < -0.39 is 12.1 Å².